The first-order valence-corrected chi connectivity index (χ1v) is 14.5. The first kappa shape index (κ1) is 25.9. The predicted octanol–water partition coefficient (Wildman–Crippen LogP) is 5.12. The Bertz CT molecular complexity index is 652. The molecular formula is C28H48FN3O2. The van der Waals surface area contributed by atoms with Crippen LogP contribution in [0.25, 0.3) is 0 Å². The summed E-state index contributed by atoms with van der Waals surface area (Å²) >= 11 is 0. The SMILES string of the molecule is N[C@H](CF)C1CCC(C(=O)N2CCC(C3CCCCC3)[C@H]2C(=O)NC2CCCCCCC2)CC1. The lowest BCUT2D eigenvalue weighted by atomic mass is 9.76. The highest BCUT2D eigenvalue weighted by molar-refractivity contribution is 5.89. The van der Waals surface area contributed by atoms with Crippen molar-refractivity contribution in [3.63, 3.8) is 0 Å². The van der Waals surface area contributed by atoms with Crippen molar-refractivity contribution in [3.8, 4) is 0 Å². The Labute approximate surface area is 206 Å². The Kier molecular flexibility index (Phi) is 9.67. The van der Waals surface area contributed by atoms with E-state index in [4.69, 9.17) is 5.73 Å². The average molecular weight is 478 g/mol. The molecule has 0 radical (unpaired) electrons. The monoisotopic (exact) mass is 477 g/mol. The molecule has 6 heteroatoms. The van der Waals surface area contributed by atoms with Gasteiger partial charge < -0.3 is 16.0 Å². The van der Waals surface area contributed by atoms with E-state index in [2.05, 4.69) is 5.32 Å². The third kappa shape index (κ3) is 6.33. The van der Waals surface area contributed by atoms with Crippen LogP contribution in [0.3, 0.4) is 0 Å². The summed E-state index contributed by atoms with van der Waals surface area (Å²) < 4.78 is 13.0. The van der Waals surface area contributed by atoms with Gasteiger partial charge in [-0.1, -0.05) is 64.2 Å². The van der Waals surface area contributed by atoms with Gasteiger partial charge in [-0.25, -0.2) is 4.39 Å². The average Bonchev–Trinajstić information content (AvgIpc) is 3.30. The van der Waals surface area contributed by atoms with Gasteiger partial charge in [0.25, 0.3) is 0 Å². The van der Waals surface area contributed by atoms with Crippen molar-refractivity contribution in [2.24, 2.45) is 29.4 Å². The molecule has 3 aliphatic carbocycles. The van der Waals surface area contributed by atoms with Crippen LogP contribution in [0, 0.1) is 23.7 Å². The molecular weight excluding hydrogens is 429 g/mol. The number of alkyl halides is 1. The highest BCUT2D eigenvalue weighted by atomic mass is 19.1. The maximum atomic E-state index is 13.8. The van der Waals surface area contributed by atoms with E-state index in [9.17, 15) is 14.0 Å². The number of likely N-dealkylation sites (tertiary alicyclic amines) is 1. The Hall–Kier alpha value is -1.17. The summed E-state index contributed by atoms with van der Waals surface area (Å²) in [6.07, 6.45) is 18.7. The first-order chi connectivity index (χ1) is 16.6. The highest BCUT2D eigenvalue weighted by Gasteiger charge is 2.47. The lowest BCUT2D eigenvalue weighted by Crippen LogP contribution is -2.53. The minimum absolute atomic E-state index is 0.0372. The standard InChI is InChI=1S/C28H48FN3O2/c29-19-25(30)21-13-15-22(16-14-21)28(34)32-18-17-24(20-9-5-4-6-10-20)26(32)27(33)31-23-11-7-2-1-3-8-12-23/h20-26H,1-19,30H2,(H,31,33)/t21?,22?,24?,25-,26+/m1/s1. The molecule has 3 saturated carbocycles. The van der Waals surface area contributed by atoms with E-state index in [1.165, 1.54) is 64.2 Å². The van der Waals surface area contributed by atoms with Crippen LogP contribution < -0.4 is 11.1 Å². The van der Waals surface area contributed by atoms with Gasteiger partial charge in [0.2, 0.25) is 11.8 Å². The van der Waals surface area contributed by atoms with Crippen LogP contribution in [0.15, 0.2) is 0 Å². The number of carbonyl (C=O) groups is 2. The molecule has 1 heterocycles. The normalized spacial score (nSPS) is 33.2. The Morgan fingerprint density at radius 2 is 1.41 bits per heavy atom. The molecule has 1 saturated heterocycles. The van der Waals surface area contributed by atoms with Crippen LogP contribution in [0.4, 0.5) is 4.39 Å². The zero-order chi connectivity index (χ0) is 23.9. The third-order valence-electron chi connectivity index (χ3n) is 9.61. The number of hydrogen-bond acceptors (Lipinski definition) is 3. The van der Waals surface area contributed by atoms with Crippen molar-refractivity contribution in [1.82, 2.24) is 10.2 Å². The molecule has 3 atom stereocenters. The lowest BCUT2D eigenvalue weighted by molar-refractivity contribution is -0.144. The maximum absolute atomic E-state index is 13.8. The van der Waals surface area contributed by atoms with E-state index >= 15 is 0 Å². The van der Waals surface area contributed by atoms with Gasteiger partial charge in [0.05, 0.1) is 0 Å². The second-order valence-corrected chi connectivity index (χ2v) is 11.8. The van der Waals surface area contributed by atoms with Crippen molar-refractivity contribution < 1.29 is 14.0 Å². The minimum atomic E-state index is -0.484. The zero-order valence-corrected chi connectivity index (χ0v) is 21.2. The molecule has 4 fully saturated rings. The second-order valence-electron chi connectivity index (χ2n) is 11.8. The summed E-state index contributed by atoms with van der Waals surface area (Å²) in [7, 11) is 0. The van der Waals surface area contributed by atoms with Crippen molar-refractivity contribution in [2.75, 3.05) is 13.2 Å². The second kappa shape index (κ2) is 12.7. The lowest BCUT2D eigenvalue weighted by Gasteiger charge is -2.37. The van der Waals surface area contributed by atoms with E-state index < -0.39 is 12.7 Å². The van der Waals surface area contributed by atoms with Gasteiger partial charge >= 0.3 is 0 Å². The summed E-state index contributed by atoms with van der Waals surface area (Å²) in [5, 5.41) is 3.42. The zero-order valence-electron chi connectivity index (χ0n) is 21.2. The molecule has 2 amide bonds. The smallest absolute Gasteiger partial charge is 0.243 e. The molecule has 0 aromatic rings. The number of rotatable bonds is 6. The van der Waals surface area contributed by atoms with Crippen LogP contribution in [0.5, 0.6) is 0 Å². The number of halogens is 1. The van der Waals surface area contributed by atoms with Gasteiger partial charge in [-0.3, -0.25) is 9.59 Å². The quantitative estimate of drug-likeness (QED) is 0.558. The van der Waals surface area contributed by atoms with Crippen molar-refractivity contribution in [2.45, 2.75) is 127 Å². The van der Waals surface area contributed by atoms with Gasteiger partial charge in [0.15, 0.2) is 0 Å². The number of amides is 2. The fourth-order valence-electron chi connectivity index (χ4n) is 7.50. The number of nitrogens with zero attached hydrogens (tertiary/aromatic N) is 1. The van der Waals surface area contributed by atoms with Crippen LogP contribution in [0.1, 0.15) is 109 Å². The highest BCUT2D eigenvalue weighted by Crippen LogP contribution is 2.41. The molecule has 0 aromatic heterocycles. The van der Waals surface area contributed by atoms with E-state index in [1.54, 1.807) is 0 Å². The van der Waals surface area contributed by atoms with Gasteiger partial charge in [-0.2, -0.15) is 0 Å². The molecule has 1 unspecified atom stereocenters. The molecule has 194 valence electrons. The van der Waals surface area contributed by atoms with Crippen LogP contribution >= 0.6 is 0 Å². The van der Waals surface area contributed by atoms with Gasteiger partial charge in [0.1, 0.15) is 12.7 Å². The molecule has 3 N–H and O–H groups in total. The summed E-state index contributed by atoms with van der Waals surface area (Å²) in [5.74, 6) is 1.29. The van der Waals surface area contributed by atoms with Crippen molar-refractivity contribution >= 4 is 11.8 Å². The molecule has 5 nitrogen and oxygen atoms in total. The van der Waals surface area contributed by atoms with Gasteiger partial charge in [-0.15, -0.1) is 0 Å². The molecule has 34 heavy (non-hydrogen) atoms. The fraction of sp³-hybridized carbons (Fsp3) is 0.929. The molecule has 4 rings (SSSR count). The molecule has 0 aromatic carbocycles. The summed E-state index contributed by atoms with van der Waals surface area (Å²) in [5.41, 5.74) is 5.94. The number of hydrogen-bond donors (Lipinski definition) is 2. The third-order valence-corrected chi connectivity index (χ3v) is 9.61. The Morgan fingerprint density at radius 3 is 2.06 bits per heavy atom. The maximum Gasteiger partial charge on any atom is 0.243 e. The Balaban J connectivity index is 1.44. The molecule has 0 bridgehead atoms. The number of nitrogens with one attached hydrogen (secondary N) is 1. The van der Waals surface area contributed by atoms with E-state index in [-0.39, 0.29) is 35.7 Å². The van der Waals surface area contributed by atoms with Crippen LogP contribution in [-0.2, 0) is 9.59 Å². The van der Waals surface area contributed by atoms with E-state index in [1.807, 2.05) is 4.90 Å². The van der Waals surface area contributed by atoms with Crippen LogP contribution in [0.2, 0.25) is 0 Å². The molecule has 1 aliphatic heterocycles. The summed E-state index contributed by atoms with van der Waals surface area (Å²) in [4.78, 5) is 29.5. The topological polar surface area (TPSA) is 75.4 Å². The number of carbonyl (C=O) groups excluding carboxylic acids is 2. The molecule has 0 spiro atoms. The number of nitrogens with two attached hydrogens (primary N) is 1. The first-order valence-electron chi connectivity index (χ1n) is 14.5. The largest absolute Gasteiger partial charge is 0.352 e. The van der Waals surface area contributed by atoms with Gasteiger partial charge in [-0.05, 0) is 62.7 Å². The van der Waals surface area contributed by atoms with Crippen molar-refractivity contribution in [3.05, 3.63) is 0 Å². The van der Waals surface area contributed by atoms with E-state index in [0.717, 1.165) is 44.9 Å². The van der Waals surface area contributed by atoms with E-state index in [0.29, 0.717) is 18.4 Å². The minimum Gasteiger partial charge on any atom is -0.352 e. The fourth-order valence-corrected chi connectivity index (χ4v) is 7.50. The van der Waals surface area contributed by atoms with Gasteiger partial charge in [0, 0.05) is 24.5 Å². The summed E-state index contributed by atoms with van der Waals surface area (Å²) in [6, 6.07) is -0.442. The van der Waals surface area contributed by atoms with Crippen LogP contribution in [-0.4, -0.2) is 48.1 Å². The Morgan fingerprint density at radius 1 is 0.824 bits per heavy atom. The predicted molar refractivity (Wildman–Crippen MR) is 134 cm³/mol. The molecule has 4 aliphatic rings. The summed E-state index contributed by atoms with van der Waals surface area (Å²) in [6.45, 7) is 0.231. The van der Waals surface area contributed by atoms with Crippen molar-refractivity contribution in [1.29, 1.82) is 0 Å².